The van der Waals surface area contributed by atoms with Gasteiger partial charge < -0.3 is 20.3 Å². The van der Waals surface area contributed by atoms with Gasteiger partial charge in [0.1, 0.15) is 18.5 Å². The largest absolute Gasteiger partial charge is 0.490 e. The van der Waals surface area contributed by atoms with Crippen molar-refractivity contribution in [2.24, 2.45) is 5.92 Å². The first-order chi connectivity index (χ1) is 16.6. The molecular formula is C31H47NO3. The van der Waals surface area contributed by atoms with Gasteiger partial charge >= 0.3 is 0 Å². The molecule has 0 spiro atoms. The van der Waals surface area contributed by atoms with Crippen molar-refractivity contribution < 1.29 is 14.9 Å². The Labute approximate surface area is 213 Å². The first kappa shape index (κ1) is 29.1. The number of benzene rings is 2. The summed E-state index contributed by atoms with van der Waals surface area (Å²) in [5.41, 5.74) is 2.33. The van der Waals surface area contributed by atoms with E-state index in [2.05, 4.69) is 64.2 Å². The number of hydrogen-bond donors (Lipinski definition) is 3. The van der Waals surface area contributed by atoms with Gasteiger partial charge in [0.15, 0.2) is 0 Å². The molecule has 2 aromatic rings. The lowest BCUT2D eigenvalue weighted by Crippen LogP contribution is -2.35. The zero-order chi connectivity index (χ0) is 25.8. The molecule has 3 rings (SSSR count). The van der Waals surface area contributed by atoms with Crippen molar-refractivity contribution >= 4 is 10.8 Å². The summed E-state index contributed by atoms with van der Waals surface area (Å²) in [6, 6.07) is 14.4. The summed E-state index contributed by atoms with van der Waals surface area (Å²) in [6.07, 6.45) is 9.24. The Hall–Kier alpha value is -2.14. The van der Waals surface area contributed by atoms with Crippen LogP contribution >= 0.6 is 0 Å². The minimum Gasteiger partial charge on any atom is -0.490 e. The highest BCUT2D eigenvalue weighted by atomic mass is 16.5. The van der Waals surface area contributed by atoms with E-state index in [0.717, 1.165) is 48.6 Å². The Morgan fingerprint density at radius 2 is 1.89 bits per heavy atom. The molecule has 0 saturated carbocycles. The molecule has 0 aromatic heterocycles. The summed E-state index contributed by atoms with van der Waals surface area (Å²) < 4.78 is 5.72. The Morgan fingerprint density at radius 1 is 1.17 bits per heavy atom. The minimum absolute atomic E-state index is 0.299. The summed E-state index contributed by atoms with van der Waals surface area (Å²) in [5, 5.41) is 25.7. The van der Waals surface area contributed by atoms with Crippen molar-refractivity contribution in [2.75, 3.05) is 13.2 Å². The molecule has 0 saturated heterocycles. The van der Waals surface area contributed by atoms with Crippen LogP contribution in [0.4, 0.5) is 0 Å². The standard InChI is InChI=1S/C16H21NO2.C15H26O/c1-12(2)17-10-14(18)11-19-16-9-5-7-13-6-3-4-8-15(13)16;1-12(2)6-5-11-15(4,16)14-9-7-13(3)8-10-14/h3-9,12,14,17-18H,10-11H2,1-2H3;6-7,14,16H,5,8-11H2,1-4H3/t;14-,15+/m.0/s1. The van der Waals surface area contributed by atoms with Crippen LogP contribution in [-0.2, 0) is 0 Å². The Balaban J connectivity index is 0.000000251. The molecule has 4 nitrogen and oxygen atoms in total. The summed E-state index contributed by atoms with van der Waals surface area (Å²) in [6.45, 7) is 13.4. The van der Waals surface area contributed by atoms with Crippen molar-refractivity contribution in [3.05, 3.63) is 65.8 Å². The molecular weight excluding hydrogens is 434 g/mol. The smallest absolute Gasteiger partial charge is 0.127 e. The first-order valence-electron chi connectivity index (χ1n) is 13.1. The third-order valence-corrected chi connectivity index (χ3v) is 6.66. The molecule has 1 unspecified atom stereocenters. The van der Waals surface area contributed by atoms with Gasteiger partial charge in [-0.15, -0.1) is 0 Å². The fraction of sp³-hybridized carbons (Fsp3) is 0.548. The normalized spacial score (nSPS) is 18.2. The zero-order valence-electron chi connectivity index (χ0n) is 22.7. The summed E-state index contributed by atoms with van der Waals surface area (Å²) in [7, 11) is 0. The van der Waals surface area contributed by atoms with Crippen LogP contribution in [0.15, 0.2) is 65.8 Å². The van der Waals surface area contributed by atoms with Gasteiger partial charge in [-0.2, -0.15) is 0 Å². The van der Waals surface area contributed by atoms with Crippen LogP contribution in [0.25, 0.3) is 10.8 Å². The van der Waals surface area contributed by atoms with Crippen LogP contribution in [0.1, 0.15) is 73.6 Å². The molecule has 0 radical (unpaired) electrons. The fourth-order valence-corrected chi connectivity index (χ4v) is 4.33. The van der Waals surface area contributed by atoms with E-state index in [1.807, 2.05) is 37.3 Å². The quantitative estimate of drug-likeness (QED) is 0.326. The zero-order valence-corrected chi connectivity index (χ0v) is 22.7. The maximum Gasteiger partial charge on any atom is 0.127 e. The molecule has 1 aliphatic carbocycles. The second-order valence-electron chi connectivity index (χ2n) is 10.7. The van der Waals surface area contributed by atoms with Gasteiger partial charge in [-0.1, -0.05) is 73.5 Å². The van der Waals surface area contributed by atoms with E-state index in [0.29, 0.717) is 25.1 Å². The Morgan fingerprint density at radius 3 is 2.54 bits per heavy atom. The van der Waals surface area contributed by atoms with Crippen LogP contribution in [0.2, 0.25) is 0 Å². The van der Waals surface area contributed by atoms with Gasteiger partial charge in [-0.05, 0) is 77.2 Å². The minimum atomic E-state index is -0.499. The third kappa shape index (κ3) is 10.6. The molecule has 0 fully saturated rings. The molecule has 0 aliphatic heterocycles. The van der Waals surface area contributed by atoms with Gasteiger partial charge in [0, 0.05) is 18.0 Å². The van der Waals surface area contributed by atoms with Crippen molar-refractivity contribution in [1.29, 1.82) is 0 Å². The monoisotopic (exact) mass is 481 g/mol. The average Bonchev–Trinajstić information content (AvgIpc) is 2.81. The van der Waals surface area contributed by atoms with E-state index in [1.54, 1.807) is 0 Å². The van der Waals surface area contributed by atoms with E-state index in [1.165, 1.54) is 11.1 Å². The van der Waals surface area contributed by atoms with E-state index < -0.39 is 11.7 Å². The fourth-order valence-electron chi connectivity index (χ4n) is 4.33. The van der Waals surface area contributed by atoms with Gasteiger partial charge in [0.25, 0.3) is 0 Å². The lowest BCUT2D eigenvalue weighted by atomic mass is 9.76. The number of hydrogen-bond acceptors (Lipinski definition) is 4. The number of rotatable bonds is 10. The molecule has 35 heavy (non-hydrogen) atoms. The van der Waals surface area contributed by atoms with E-state index >= 15 is 0 Å². The van der Waals surface area contributed by atoms with Crippen molar-refractivity contribution in [3.8, 4) is 5.75 Å². The van der Waals surface area contributed by atoms with Crippen LogP contribution in [0, 0.1) is 5.92 Å². The SMILES string of the molecule is CC(C)=CCC[C@@](C)(O)[C@H]1CC=C(C)CC1.CC(C)NCC(O)COc1cccc2ccccc12. The predicted octanol–water partition coefficient (Wildman–Crippen LogP) is 6.81. The molecule has 3 N–H and O–H groups in total. The van der Waals surface area contributed by atoms with Gasteiger partial charge in [-0.3, -0.25) is 0 Å². The van der Waals surface area contributed by atoms with Crippen LogP contribution in [-0.4, -0.2) is 41.1 Å². The Kier molecular flexibility index (Phi) is 12.0. The number of fused-ring (bicyclic) bond motifs is 1. The lowest BCUT2D eigenvalue weighted by molar-refractivity contribution is -0.0122. The predicted molar refractivity (Wildman–Crippen MR) is 149 cm³/mol. The number of allylic oxidation sites excluding steroid dienone is 4. The topological polar surface area (TPSA) is 61.7 Å². The van der Waals surface area contributed by atoms with Gasteiger partial charge in [0.05, 0.1) is 5.60 Å². The highest BCUT2D eigenvalue weighted by Gasteiger charge is 2.31. The highest BCUT2D eigenvalue weighted by molar-refractivity contribution is 5.88. The summed E-state index contributed by atoms with van der Waals surface area (Å²) in [5.74, 6) is 1.27. The van der Waals surface area contributed by atoms with Gasteiger partial charge in [0.2, 0.25) is 0 Å². The van der Waals surface area contributed by atoms with Crippen molar-refractivity contribution in [2.45, 2.75) is 91.4 Å². The van der Waals surface area contributed by atoms with Crippen LogP contribution in [0.5, 0.6) is 5.75 Å². The van der Waals surface area contributed by atoms with E-state index in [9.17, 15) is 10.2 Å². The number of ether oxygens (including phenoxy) is 1. The molecule has 0 heterocycles. The van der Waals surface area contributed by atoms with Crippen LogP contribution < -0.4 is 10.1 Å². The molecule has 4 heteroatoms. The second-order valence-corrected chi connectivity index (χ2v) is 10.7. The summed E-state index contributed by atoms with van der Waals surface area (Å²) in [4.78, 5) is 0. The number of nitrogens with one attached hydrogen (secondary N) is 1. The average molecular weight is 482 g/mol. The number of aliphatic hydroxyl groups excluding tert-OH is 1. The first-order valence-corrected chi connectivity index (χ1v) is 13.1. The van der Waals surface area contributed by atoms with Crippen LogP contribution in [0.3, 0.4) is 0 Å². The van der Waals surface area contributed by atoms with Gasteiger partial charge in [-0.25, -0.2) is 0 Å². The lowest BCUT2D eigenvalue weighted by Gasteiger charge is -2.34. The molecule has 3 atom stereocenters. The molecule has 1 aliphatic rings. The Bertz CT molecular complexity index is 951. The summed E-state index contributed by atoms with van der Waals surface area (Å²) >= 11 is 0. The van der Waals surface area contributed by atoms with Crippen molar-refractivity contribution in [3.63, 3.8) is 0 Å². The maximum atomic E-state index is 10.5. The van der Waals surface area contributed by atoms with Crippen molar-refractivity contribution in [1.82, 2.24) is 5.32 Å². The number of aliphatic hydroxyl groups is 2. The molecule has 194 valence electrons. The molecule has 2 aromatic carbocycles. The second kappa shape index (κ2) is 14.4. The third-order valence-electron chi connectivity index (χ3n) is 6.66. The molecule has 0 amide bonds. The maximum absolute atomic E-state index is 10.5. The highest BCUT2D eigenvalue weighted by Crippen LogP contribution is 2.34. The van der Waals surface area contributed by atoms with E-state index in [-0.39, 0.29) is 0 Å². The molecule has 0 bridgehead atoms. The van der Waals surface area contributed by atoms with E-state index in [4.69, 9.17) is 4.74 Å².